The molecule has 0 aliphatic carbocycles. The lowest BCUT2D eigenvalue weighted by atomic mass is 10.1. The fraction of sp³-hybridized carbons (Fsp3) is 0.222. The number of halogens is 3. The predicted molar refractivity (Wildman–Crippen MR) is 43.0 cm³/mol. The SMILES string of the molecule is C/C(C#N)=C(/c1ccco1)C(F)(F)F. The van der Waals surface area contributed by atoms with Crippen LogP contribution in [0.5, 0.6) is 0 Å². The number of allylic oxidation sites excluding steroid dienone is 2. The average Bonchev–Trinajstić information content (AvgIpc) is 2.54. The molecule has 1 heterocycles. The molecule has 74 valence electrons. The highest BCUT2D eigenvalue weighted by atomic mass is 19.4. The van der Waals surface area contributed by atoms with E-state index in [9.17, 15) is 13.2 Å². The van der Waals surface area contributed by atoms with Gasteiger partial charge in [-0.3, -0.25) is 0 Å². The van der Waals surface area contributed by atoms with Crippen LogP contribution in [-0.4, -0.2) is 6.18 Å². The zero-order valence-corrected chi connectivity index (χ0v) is 7.22. The van der Waals surface area contributed by atoms with Crippen LogP contribution in [0.15, 0.2) is 28.4 Å². The van der Waals surface area contributed by atoms with Crippen molar-refractivity contribution in [3.8, 4) is 6.07 Å². The molecule has 0 aliphatic rings. The molecular weight excluding hydrogens is 195 g/mol. The quantitative estimate of drug-likeness (QED) is 0.654. The van der Waals surface area contributed by atoms with E-state index in [1.165, 1.54) is 18.2 Å². The first-order valence-corrected chi connectivity index (χ1v) is 3.69. The molecule has 0 amide bonds. The standard InChI is InChI=1S/C9H6F3NO/c1-6(5-13)8(9(10,11)12)7-3-2-4-14-7/h2-4H,1H3/b8-6+. The maximum Gasteiger partial charge on any atom is 0.420 e. The molecule has 14 heavy (non-hydrogen) atoms. The number of hydrogen-bond acceptors (Lipinski definition) is 2. The molecule has 0 fully saturated rings. The highest BCUT2D eigenvalue weighted by molar-refractivity contribution is 5.71. The van der Waals surface area contributed by atoms with Gasteiger partial charge in [0.15, 0.2) is 0 Å². The second-order valence-corrected chi connectivity index (χ2v) is 2.59. The fourth-order valence-electron chi connectivity index (χ4n) is 1.01. The minimum Gasteiger partial charge on any atom is -0.464 e. The largest absolute Gasteiger partial charge is 0.464 e. The molecule has 0 bridgehead atoms. The summed E-state index contributed by atoms with van der Waals surface area (Å²) in [6, 6.07) is 3.97. The summed E-state index contributed by atoms with van der Waals surface area (Å²) in [7, 11) is 0. The van der Waals surface area contributed by atoms with E-state index >= 15 is 0 Å². The summed E-state index contributed by atoms with van der Waals surface area (Å²) >= 11 is 0. The van der Waals surface area contributed by atoms with Crippen molar-refractivity contribution < 1.29 is 17.6 Å². The van der Waals surface area contributed by atoms with E-state index < -0.39 is 17.3 Å². The van der Waals surface area contributed by atoms with E-state index in [1.54, 1.807) is 0 Å². The first kappa shape index (κ1) is 10.4. The van der Waals surface area contributed by atoms with Gasteiger partial charge in [-0.1, -0.05) is 0 Å². The van der Waals surface area contributed by atoms with Gasteiger partial charge in [0.2, 0.25) is 0 Å². The van der Waals surface area contributed by atoms with E-state index in [0.717, 1.165) is 13.2 Å². The summed E-state index contributed by atoms with van der Waals surface area (Å²) in [6.07, 6.45) is -3.44. The number of rotatable bonds is 1. The Morgan fingerprint density at radius 2 is 2.14 bits per heavy atom. The van der Waals surface area contributed by atoms with Crippen LogP contribution in [0.3, 0.4) is 0 Å². The number of nitrogens with zero attached hydrogens (tertiary/aromatic N) is 1. The van der Waals surface area contributed by atoms with Gasteiger partial charge in [-0.05, 0) is 19.1 Å². The Labute approximate surface area is 78.3 Å². The molecule has 0 spiro atoms. The Morgan fingerprint density at radius 1 is 1.50 bits per heavy atom. The first-order valence-electron chi connectivity index (χ1n) is 3.69. The molecule has 0 unspecified atom stereocenters. The third-order valence-electron chi connectivity index (χ3n) is 1.59. The third-order valence-corrected chi connectivity index (χ3v) is 1.59. The maximum atomic E-state index is 12.5. The Morgan fingerprint density at radius 3 is 2.50 bits per heavy atom. The summed E-state index contributed by atoms with van der Waals surface area (Å²) in [5.74, 6) is -0.337. The molecule has 0 saturated heterocycles. The second kappa shape index (κ2) is 3.58. The molecule has 0 atom stereocenters. The van der Waals surface area contributed by atoms with E-state index in [4.69, 9.17) is 5.26 Å². The summed E-state index contributed by atoms with van der Waals surface area (Å²) in [5, 5.41) is 8.42. The fourth-order valence-corrected chi connectivity index (χ4v) is 1.01. The van der Waals surface area contributed by atoms with Crippen molar-refractivity contribution in [2.24, 2.45) is 0 Å². The normalized spacial score (nSPS) is 13.4. The molecule has 1 rings (SSSR count). The van der Waals surface area contributed by atoms with Gasteiger partial charge in [-0.15, -0.1) is 0 Å². The second-order valence-electron chi connectivity index (χ2n) is 2.59. The topological polar surface area (TPSA) is 36.9 Å². The van der Waals surface area contributed by atoms with E-state index in [2.05, 4.69) is 4.42 Å². The lowest BCUT2D eigenvalue weighted by Gasteiger charge is -2.09. The van der Waals surface area contributed by atoms with Gasteiger partial charge < -0.3 is 4.42 Å². The van der Waals surface area contributed by atoms with Crippen molar-refractivity contribution in [1.29, 1.82) is 5.26 Å². The van der Waals surface area contributed by atoms with Gasteiger partial charge in [-0.2, -0.15) is 18.4 Å². The Kier molecular flexibility index (Phi) is 2.65. The molecular formula is C9H6F3NO. The Hall–Kier alpha value is -1.70. The summed E-state index contributed by atoms with van der Waals surface area (Å²) in [6.45, 7) is 1.10. The van der Waals surface area contributed by atoms with Gasteiger partial charge in [0.1, 0.15) is 11.3 Å². The number of furan rings is 1. The molecule has 0 N–H and O–H groups in total. The van der Waals surface area contributed by atoms with Crippen LogP contribution in [0.4, 0.5) is 13.2 Å². The molecule has 1 aromatic rings. The maximum absolute atomic E-state index is 12.5. The first-order chi connectivity index (χ1) is 6.46. The highest BCUT2D eigenvalue weighted by Gasteiger charge is 2.38. The minimum atomic E-state index is -4.57. The molecule has 5 heteroatoms. The molecule has 0 aromatic carbocycles. The van der Waals surface area contributed by atoms with Gasteiger partial charge in [-0.25, -0.2) is 0 Å². The van der Waals surface area contributed by atoms with Crippen LogP contribution in [0.1, 0.15) is 12.7 Å². The zero-order chi connectivity index (χ0) is 10.8. The van der Waals surface area contributed by atoms with Crippen molar-refractivity contribution in [2.45, 2.75) is 13.1 Å². The van der Waals surface area contributed by atoms with Gasteiger partial charge in [0, 0.05) is 5.57 Å². The van der Waals surface area contributed by atoms with Crippen molar-refractivity contribution >= 4 is 5.57 Å². The van der Waals surface area contributed by atoms with E-state index in [0.29, 0.717) is 0 Å². The van der Waals surface area contributed by atoms with Gasteiger partial charge >= 0.3 is 6.18 Å². The number of nitriles is 1. The zero-order valence-electron chi connectivity index (χ0n) is 7.22. The summed E-state index contributed by atoms with van der Waals surface area (Å²) < 4.78 is 42.0. The van der Waals surface area contributed by atoms with Crippen LogP contribution in [0.2, 0.25) is 0 Å². The number of hydrogen-bond donors (Lipinski definition) is 0. The van der Waals surface area contributed by atoms with Crippen LogP contribution >= 0.6 is 0 Å². The lowest BCUT2D eigenvalue weighted by Crippen LogP contribution is -2.11. The average molecular weight is 201 g/mol. The Bertz CT molecular complexity index is 381. The van der Waals surface area contributed by atoms with Crippen molar-refractivity contribution in [3.63, 3.8) is 0 Å². The third kappa shape index (κ3) is 1.96. The van der Waals surface area contributed by atoms with E-state index in [1.807, 2.05) is 0 Å². The monoisotopic (exact) mass is 201 g/mol. The van der Waals surface area contributed by atoms with Crippen molar-refractivity contribution in [3.05, 3.63) is 29.7 Å². The molecule has 1 aromatic heterocycles. The lowest BCUT2D eigenvalue weighted by molar-refractivity contribution is -0.0703. The molecule has 0 aliphatic heterocycles. The smallest absolute Gasteiger partial charge is 0.420 e. The predicted octanol–water partition coefficient (Wildman–Crippen LogP) is 3.14. The van der Waals surface area contributed by atoms with Gasteiger partial charge in [0.25, 0.3) is 0 Å². The molecule has 0 saturated carbocycles. The summed E-state index contributed by atoms with van der Waals surface area (Å²) in [5.41, 5.74) is -1.43. The summed E-state index contributed by atoms with van der Waals surface area (Å²) in [4.78, 5) is 0. The van der Waals surface area contributed by atoms with Crippen molar-refractivity contribution in [2.75, 3.05) is 0 Å². The highest BCUT2D eigenvalue weighted by Crippen LogP contribution is 2.36. The number of alkyl halides is 3. The van der Waals surface area contributed by atoms with Crippen molar-refractivity contribution in [1.82, 2.24) is 0 Å². The van der Waals surface area contributed by atoms with Crippen LogP contribution in [0, 0.1) is 11.3 Å². The van der Waals surface area contributed by atoms with Gasteiger partial charge in [0.05, 0.1) is 12.3 Å². The molecule has 0 radical (unpaired) electrons. The van der Waals surface area contributed by atoms with Crippen LogP contribution < -0.4 is 0 Å². The van der Waals surface area contributed by atoms with E-state index in [-0.39, 0.29) is 5.76 Å². The van der Waals surface area contributed by atoms with Crippen LogP contribution in [-0.2, 0) is 0 Å². The van der Waals surface area contributed by atoms with Crippen LogP contribution in [0.25, 0.3) is 5.57 Å². The minimum absolute atomic E-state index is 0.337. The Balaban J connectivity index is 3.30. The molecule has 2 nitrogen and oxygen atoms in total.